The zero-order valence-corrected chi connectivity index (χ0v) is 17.1. The Morgan fingerprint density at radius 1 is 0.963 bits per heavy atom. The van der Waals surface area contributed by atoms with Gasteiger partial charge in [0.15, 0.2) is 4.98 Å². The highest BCUT2D eigenvalue weighted by molar-refractivity contribution is 5.95. The molecular weight excluding hydrogens is 338 g/mol. The molecule has 1 N–H and O–H groups in total. The summed E-state index contributed by atoms with van der Waals surface area (Å²) in [4.78, 5) is 15.3. The first kappa shape index (κ1) is 23.0. The molecular formula is C22H36N3O2+. The van der Waals surface area contributed by atoms with Crippen molar-refractivity contribution < 1.29 is 9.53 Å². The van der Waals surface area contributed by atoms with Crippen molar-refractivity contribution in [2.45, 2.75) is 84.0 Å². The molecule has 0 atom stereocenters. The number of hydrogen-bond donors (Lipinski definition) is 1. The first-order chi connectivity index (χ1) is 13.2. The van der Waals surface area contributed by atoms with Gasteiger partial charge in [0.05, 0.1) is 13.2 Å². The van der Waals surface area contributed by atoms with E-state index in [1.165, 1.54) is 77.4 Å². The molecule has 1 aromatic rings. The molecule has 5 heteroatoms. The highest BCUT2D eigenvalue weighted by atomic mass is 16.5. The first-order valence-corrected chi connectivity index (χ1v) is 10.5. The van der Waals surface area contributed by atoms with E-state index in [4.69, 9.17) is 10.1 Å². The van der Waals surface area contributed by atoms with Crippen molar-refractivity contribution in [1.29, 1.82) is 5.39 Å². The van der Waals surface area contributed by atoms with Gasteiger partial charge in [0.2, 0.25) is 11.1 Å². The van der Waals surface area contributed by atoms with Crippen LogP contribution in [0.15, 0.2) is 18.2 Å². The number of hydrogen-bond acceptors (Lipinski definition) is 3. The highest BCUT2D eigenvalue weighted by Crippen LogP contribution is 2.28. The largest absolute Gasteiger partial charge is 0.489 e. The molecule has 150 valence electrons. The van der Waals surface area contributed by atoms with Crippen molar-refractivity contribution in [3.63, 3.8) is 0 Å². The van der Waals surface area contributed by atoms with Gasteiger partial charge in [0, 0.05) is 12.1 Å². The van der Waals surface area contributed by atoms with Crippen LogP contribution < -0.4 is 10.1 Å². The standard InChI is InChI=1S/C22H35N3O2/c1-3-4-5-6-7-8-9-10-11-12-13-14-17-24-22(26)19-15-16-21(27-2)20(18-19)25-23/h15-16,18H,3-14,17H2,1-2H3/p+1. The van der Waals surface area contributed by atoms with E-state index in [9.17, 15) is 4.79 Å². The molecule has 27 heavy (non-hydrogen) atoms. The van der Waals surface area contributed by atoms with Crippen molar-refractivity contribution in [2.75, 3.05) is 13.7 Å². The molecule has 0 aliphatic rings. The summed E-state index contributed by atoms with van der Waals surface area (Å²) in [6.07, 6.45) is 15.6. The molecule has 0 saturated heterocycles. The summed E-state index contributed by atoms with van der Waals surface area (Å²) >= 11 is 0. The minimum atomic E-state index is -0.148. The lowest BCUT2D eigenvalue weighted by atomic mass is 10.1. The van der Waals surface area contributed by atoms with Crippen molar-refractivity contribution >= 4 is 11.6 Å². The molecule has 1 amide bonds. The fourth-order valence-electron chi connectivity index (χ4n) is 3.18. The van der Waals surface area contributed by atoms with Crippen LogP contribution in [0.3, 0.4) is 0 Å². The summed E-state index contributed by atoms with van der Waals surface area (Å²) < 4.78 is 5.07. The van der Waals surface area contributed by atoms with E-state index in [0.717, 1.165) is 12.8 Å². The predicted octanol–water partition coefficient (Wildman–Crippen LogP) is 6.61. The van der Waals surface area contributed by atoms with Gasteiger partial charge in [-0.2, -0.15) is 0 Å². The topological polar surface area (TPSA) is 66.5 Å². The molecule has 5 nitrogen and oxygen atoms in total. The second-order valence-corrected chi connectivity index (χ2v) is 7.13. The normalized spacial score (nSPS) is 10.4. The quantitative estimate of drug-likeness (QED) is 0.277. The van der Waals surface area contributed by atoms with Crippen LogP contribution >= 0.6 is 0 Å². The number of methoxy groups -OCH3 is 1. The zero-order valence-electron chi connectivity index (χ0n) is 17.1. The number of unbranched alkanes of at least 4 members (excludes halogenated alkanes) is 11. The second kappa shape index (κ2) is 15.0. The van der Waals surface area contributed by atoms with E-state index >= 15 is 0 Å². The number of benzene rings is 1. The van der Waals surface area contributed by atoms with Gasteiger partial charge in [-0.3, -0.25) is 4.79 Å². The average Bonchev–Trinajstić information content (AvgIpc) is 2.70. The number of nitrogens with one attached hydrogen (secondary N) is 1. The molecule has 0 saturated carbocycles. The molecule has 0 aliphatic heterocycles. The van der Waals surface area contributed by atoms with Crippen LogP contribution in [0.25, 0.3) is 4.98 Å². The van der Waals surface area contributed by atoms with Crippen molar-refractivity contribution in [3.05, 3.63) is 28.7 Å². The van der Waals surface area contributed by atoms with E-state index in [1.54, 1.807) is 12.1 Å². The molecule has 0 bridgehead atoms. The molecule has 0 fully saturated rings. The van der Waals surface area contributed by atoms with Crippen LogP contribution in [0.5, 0.6) is 5.75 Å². The Kier molecular flexibility index (Phi) is 12.8. The monoisotopic (exact) mass is 374 g/mol. The molecule has 0 aromatic heterocycles. The van der Waals surface area contributed by atoms with Crippen LogP contribution in [-0.2, 0) is 0 Å². The number of carbonyl (C=O) groups is 1. The zero-order chi connectivity index (χ0) is 19.7. The van der Waals surface area contributed by atoms with Crippen LogP contribution in [-0.4, -0.2) is 19.6 Å². The molecule has 0 unspecified atom stereocenters. The van der Waals surface area contributed by atoms with Gasteiger partial charge in [-0.05, 0) is 18.6 Å². The lowest BCUT2D eigenvalue weighted by Gasteiger charge is -2.06. The lowest BCUT2D eigenvalue weighted by molar-refractivity contribution is 0.0953. The SMILES string of the molecule is CCCCCCCCCCCCCCNC(=O)c1ccc(OC)c([N+]#N)c1. The fourth-order valence-corrected chi connectivity index (χ4v) is 3.18. The third-order valence-corrected chi connectivity index (χ3v) is 4.86. The van der Waals surface area contributed by atoms with Gasteiger partial charge < -0.3 is 10.1 Å². The Morgan fingerprint density at radius 2 is 1.52 bits per heavy atom. The van der Waals surface area contributed by atoms with Crippen LogP contribution in [0.4, 0.5) is 5.69 Å². The number of amides is 1. The summed E-state index contributed by atoms with van der Waals surface area (Å²) in [6, 6.07) is 4.83. The van der Waals surface area contributed by atoms with E-state index in [-0.39, 0.29) is 11.6 Å². The van der Waals surface area contributed by atoms with Gasteiger partial charge in [0.1, 0.15) is 0 Å². The maximum Gasteiger partial charge on any atom is 0.427 e. The number of carbonyl (C=O) groups excluding carboxylic acids is 1. The third-order valence-electron chi connectivity index (χ3n) is 4.86. The molecule has 1 rings (SSSR count). The van der Waals surface area contributed by atoms with Gasteiger partial charge >= 0.3 is 5.69 Å². The first-order valence-electron chi connectivity index (χ1n) is 10.5. The summed E-state index contributed by atoms with van der Waals surface area (Å²) in [6.45, 7) is 2.93. The molecule has 0 aliphatic carbocycles. The second-order valence-electron chi connectivity index (χ2n) is 7.13. The Labute approximate surface area is 164 Å². The van der Waals surface area contributed by atoms with Crippen LogP contribution in [0, 0.1) is 5.39 Å². The van der Waals surface area contributed by atoms with E-state index in [1.807, 2.05) is 0 Å². The highest BCUT2D eigenvalue weighted by Gasteiger charge is 2.17. The maximum atomic E-state index is 12.1. The van der Waals surface area contributed by atoms with Crippen LogP contribution in [0.2, 0.25) is 0 Å². The lowest BCUT2D eigenvalue weighted by Crippen LogP contribution is -2.24. The smallest absolute Gasteiger partial charge is 0.427 e. The number of ether oxygens (including phenoxy) is 1. The molecule has 1 aromatic carbocycles. The Hall–Kier alpha value is -2.09. The number of nitrogens with zero attached hydrogens (tertiary/aromatic N) is 2. The van der Waals surface area contributed by atoms with Crippen molar-refractivity contribution in [3.8, 4) is 5.75 Å². The molecule has 0 spiro atoms. The van der Waals surface area contributed by atoms with Crippen LogP contribution in [0.1, 0.15) is 94.3 Å². The fraction of sp³-hybridized carbons (Fsp3) is 0.682. The Bertz CT molecular complexity index is 581. The Morgan fingerprint density at radius 3 is 2.04 bits per heavy atom. The summed E-state index contributed by atoms with van der Waals surface area (Å²) in [5.41, 5.74) is 0.734. The van der Waals surface area contributed by atoms with E-state index < -0.39 is 0 Å². The Balaban J connectivity index is 2.04. The summed E-state index contributed by atoms with van der Waals surface area (Å²) in [5, 5.41) is 11.9. The minimum absolute atomic E-state index is 0.148. The molecule has 0 heterocycles. The predicted molar refractivity (Wildman–Crippen MR) is 111 cm³/mol. The van der Waals surface area contributed by atoms with Crippen molar-refractivity contribution in [1.82, 2.24) is 5.32 Å². The summed E-state index contributed by atoms with van der Waals surface area (Å²) in [7, 11) is 1.50. The van der Waals surface area contributed by atoms with Crippen molar-refractivity contribution in [2.24, 2.45) is 0 Å². The van der Waals surface area contributed by atoms with Gasteiger partial charge in [-0.25, -0.2) is 0 Å². The average molecular weight is 375 g/mol. The number of diazo groups is 1. The minimum Gasteiger partial charge on any atom is -0.489 e. The van der Waals surface area contributed by atoms with Gasteiger partial charge in [0.25, 0.3) is 5.91 Å². The molecule has 0 radical (unpaired) electrons. The maximum absolute atomic E-state index is 12.1. The van der Waals surface area contributed by atoms with Gasteiger partial charge in [-0.15, -0.1) is 0 Å². The van der Waals surface area contributed by atoms with Gasteiger partial charge in [-0.1, -0.05) is 77.6 Å². The number of rotatable bonds is 15. The van der Waals surface area contributed by atoms with E-state index in [2.05, 4.69) is 17.2 Å². The summed E-state index contributed by atoms with van der Waals surface area (Å²) in [5.74, 6) is 0.292. The van der Waals surface area contributed by atoms with E-state index in [0.29, 0.717) is 17.9 Å². The third kappa shape index (κ3) is 9.98.